The molecule has 6 heteroatoms. The highest BCUT2D eigenvalue weighted by Crippen LogP contribution is 2.12. The molecule has 0 radical (unpaired) electrons. The van der Waals surface area contributed by atoms with Crippen LogP contribution in [0.15, 0.2) is 194 Å². The molecule has 0 saturated carbocycles. The van der Waals surface area contributed by atoms with Crippen LogP contribution >= 0.6 is 0 Å². The van der Waals surface area contributed by atoms with E-state index in [1.807, 2.05) is 0 Å². The lowest BCUT2D eigenvalue weighted by atomic mass is 10.1. The smallest absolute Gasteiger partial charge is 0.306 e. The molecule has 0 aromatic heterocycles. The fourth-order valence-corrected chi connectivity index (χ4v) is 7.85. The largest absolute Gasteiger partial charge is 0.462 e. The van der Waals surface area contributed by atoms with Gasteiger partial charge in [-0.2, -0.15) is 0 Å². The Morgan fingerprint density at radius 3 is 0.765 bits per heavy atom. The molecule has 0 aliphatic carbocycles. The summed E-state index contributed by atoms with van der Waals surface area (Å²) in [5, 5.41) is 0. The zero-order chi connectivity index (χ0) is 58.5. The van der Waals surface area contributed by atoms with Gasteiger partial charge in [0.15, 0.2) is 6.10 Å². The molecule has 6 nitrogen and oxygen atoms in total. The van der Waals surface area contributed by atoms with E-state index in [0.717, 1.165) is 186 Å². The van der Waals surface area contributed by atoms with Gasteiger partial charge < -0.3 is 14.2 Å². The Bertz CT molecular complexity index is 1950. The van der Waals surface area contributed by atoms with Crippen LogP contribution in [-0.2, 0) is 28.6 Å². The van der Waals surface area contributed by atoms with Crippen molar-refractivity contribution < 1.29 is 28.6 Å². The van der Waals surface area contributed by atoms with Crippen LogP contribution in [0.2, 0.25) is 0 Å². The summed E-state index contributed by atoms with van der Waals surface area (Å²) in [6, 6.07) is 0. The summed E-state index contributed by atoms with van der Waals surface area (Å²) in [6.07, 6.45) is 101. The van der Waals surface area contributed by atoms with Crippen LogP contribution in [0.3, 0.4) is 0 Å². The third kappa shape index (κ3) is 64.9. The maximum atomic E-state index is 12.9. The van der Waals surface area contributed by atoms with Gasteiger partial charge in [0.05, 0.1) is 0 Å². The molecule has 0 saturated heterocycles. The zero-order valence-electron chi connectivity index (χ0n) is 51.5. The van der Waals surface area contributed by atoms with Crippen molar-refractivity contribution in [2.75, 3.05) is 13.2 Å². The van der Waals surface area contributed by atoms with Crippen LogP contribution in [0, 0.1) is 0 Å². The highest BCUT2D eigenvalue weighted by atomic mass is 16.6. The zero-order valence-corrected chi connectivity index (χ0v) is 51.5. The summed E-state index contributed by atoms with van der Waals surface area (Å²) in [7, 11) is 0. The van der Waals surface area contributed by atoms with Crippen molar-refractivity contribution >= 4 is 17.9 Å². The molecule has 0 fully saturated rings. The maximum absolute atomic E-state index is 12.9. The van der Waals surface area contributed by atoms with E-state index < -0.39 is 6.10 Å². The first-order valence-corrected chi connectivity index (χ1v) is 31.9. The number of carbonyl (C=O) groups is 3. The highest BCUT2D eigenvalue weighted by Gasteiger charge is 2.19. The highest BCUT2D eigenvalue weighted by molar-refractivity contribution is 5.71. The average Bonchev–Trinajstić information content (AvgIpc) is 3.46. The van der Waals surface area contributed by atoms with Crippen molar-refractivity contribution in [2.24, 2.45) is 0 Å². The number of hydrogen-bond donors (Lipinski definition) is 0. The second kappa shape index (κ2) is 66.8. The molecule has 450 valence electrons. The normalized spacial score (nSPS) is 13.5. The molecule has 0 N–H and O–H groups in total. The Labute approximate surface area is 497 Å². The number of carbonyl (C=O) groups excluding carboxylic acids is 3. The number of hydrogen-bond acceptors (Lipinski definition) is 6. The van der Waals surface area contributed by atoms with E-state index in [0.29, 0.717) is 19.3 Å². The Morgan fingerprint density at radius 2 is 0.481 bits per heavy atom. The van der Waals surface area contributed by atoms with E-state index in [4.69, 9.17) is 14.2 Å². The number of rotatable bonds is 55. The Kier molecular flexibility index (Phi) is 62.0. The quantitative estimate of drug-likeness (QED) is 0.0261. The minimum absolute atomic E-state index is 0.120. The summed E-state index contributed by atoms with van der Waals surface area (Å²) >= 11 is 0. The summed E-state index contributed by atoms with van der Waals surface area (Å²) in [6.45, 7) is 6.26. The molecule has 0 aliphatic rings. The lowest BCUT2D eigenvalue weighted by molar-refractivity contribution is -0.167. The van der Waals surface area contributed by atoms with Gasteiger partial charge in [-0.05, 0) is 161 Å². The lowest BCUT2D eigenvalue weighted by Crippen LogP contribution is -2.30. The van der Waals surface area contributed by atoms with Gasteiger partial charge in [0.2, 0.25) is 0 Å². The average molecular weight is 1110 g/mol. The van der Waals surface area contributed by atoms with E-state index in [1.54, 1.807) is 0 Å². The molecule has 0 rings (SSSR count). The lowest BCUT2D eigenvalue weighted by Gasteiger charge is -2.18. The van der Waals surface area contributed by atoms with Crippen molar-refractivity contribution in [1.29, 1.82) is 0 Å². The number of allylic oxidation sites excluding steroid dienone is 32. The molecule has 1 unspecified atom stereocenters. The number of unbranched alkanes of at least 4 members (excludes halogenated alkanes) is 12. The molecule has 0 aromatic rings. The van der Waals surface area contributed by atoms with Crippen molar-refractivity contribution in [3.63, 3.8) is 0 Å². The van der Waals surface area contributed by atoms with E-state index in [2.05, 4.69) is 215 Å². The molecular weight excluding hydrogens is 997 g/mol. The second-order valence-corrected chi connectivity index (χ2v) is 20.2. The molecule has 0 bridgehead atoms. The SMILES string of the molecule is CC/C=C\C/C=C\C/C=C\C/C=C\C/C=C\C/C=C\C/C=C\C/C=C\C/C=C\CCCCCC(=O)OCC(COC(=O)CCCCCCC/C=C\C/C=C\CCC)OC(=O)CCCCC/C=C\C/C=C\C/C=C\C/C=C\C/C=C\CC. The van der Waals surface area contributed by atoms with Crippen LogP contribution in [0.25, 0.3) is 0 Å². The summed E-state index contributed by atoms with van der Waals surface area (Å²) in [5.41, 5.74) is 0. The van der Waals surface area contributed by atoms with Gasteiger partial charge in [0.1, 0.15) is 13.2 Å². The molecule has 0 heterocycles. The van der Waals surface area contributed by atoms with E-state index in [1.165, 1.54) is 6.42 Å². The fraction of sp³-hybridized carbons (Fsp3) is 0.533. The first kappa shape index (κ1) is 75.2. The van der Waals surface area contributed by atoms with Crippen molar-refractivity contribution in [3.05, 3.63) is 194 Å². The summed E-state index contributed by atoms with van der Waals surface area (Å²) in [4.78, 5) is 38.3. The molecule has 0 aliphatic heterocycles. The monoisotopic (exact) mass is 1110 g/mol. The molecular formula is C75H114O6. The van der Waals surface area contributed by atoms with Gasteiger partial charge in [-0.3, -0.25) is 14.4 Å². The third-order valence-electron chi connectivity index (χ3n) is 12.5. The summed E-state index contributed by atoms with van der Waals surface area (Å²) < 4.78 is 16.8. The van der Waals surface area contributed by atoms with Gasteiger partial charge in [-0.15, -0.1) is 0 Å². The van der Waals surface area contributed by atoms with Gasteiger partial charge in [-0.1, -0.05) is 254 Å². The maximum Gasteiger partial charge on any atom is 0.306 e. The van der Waals surface area contributed by atoms with Gasteiger partial charge in [0.25, 0.3) is 0 Å². The summed E-state index contributed by atoms with van der Waals surface area (Å²) in [5.74, 6) is -1.01. The van der Waals surface area contributed by atoms with E-state index in [9.17, 15) is 14.4 Å². The second-order valence-electron chi connectivity index (χ2n) is 20.2. The van der Waals surface area contributed by atoms with Crippen LogP contribution in [-0.4, -0.2) is 37.2 Å². The van der Waals surface area contributed by atoms with Crippen LogP contribution in [0.5, 0.6) is 0 Å². The Hall–Kier alpha value is -5.75. The van der Waals surface area contributed by atoms with Crippen molar-refractivity contribution in [3.8, 4) is 0 Å². The molecule has 0 spiro atoms. The predicted octanol–water partition coefficient (Wildman–Crippen LogP) is 22.2. The first-order valence-electron chi connectivity index (χ1n) is 31.9. The molecule has 81 heavy (non-hydrogen) atoms. The Morgan fingerprint density at radius 1 is 0.259 bits per heavy atom. The van der Waals surface area contributed by atoms with E-state index in [-0.39, 0.29) is 37.5 Å². The minimum Gasteiger partial charge on any atom is -0.462 e. The predicted molar refractivity (Wildman–Crippen MR) is 352 cm³/mol. The minimum atomic E-state index is -0.828. The first-order chi connectivity index (χ1) is 40.0. The van der Waals surface area contributed by atoms with E-state index >= 15 is 0 Å². The Balaban J connectivity index is 4.48. The van der Waals surface area contributed by atoms with Crippen molar-refractivity contribution in [1.82, 2.24) is 0 Å². The van der Waals surface area contributed by atoms with Gasteiger partial charge in [0, 0.05) is 19.3 Å². The van der Waals surface area contributed by atoms with Gasteiger partial charge in [-0.25, -0.2) is 0 Å². The fourth-order valence-electron chi connectivity index (χ4n) is 7.85. The molecule has 0 amide bonds. The van der Waals surface area contributed by atoms with Crippen LogP contribution < -0.4 is 0 Å². The molecule has 1 atom stereocenters. The van der Waals surface area contributed by atoms with Gasteiger partial charge >= 0.3 is 17.9 Å². The number of esters is 3. The third-order valence-corrected chi connectivity index (χ3v) is 12.5. The van der Waals surface area contributed by atoms with Crippen LogP contribution in [0.1, 0.15) is 239 Å². The topological polar surface area (TPSA) is 78.9 Å². The van der Waals surface area contributed by atoms with Crippen LogP contribution in [0.4, 0.5) is 0 Å². The van der Waals surface area contributed by atoms with Crippen molar-refractivity contribution in [2.45, 2.75) is 245 Å². The number of ether oxygens (including phenoxy) is 3. The standard InChI is InChI=1S/C75H114O6/c1-4-7-10-13-16-19-22-25-27-29-31-32-33-34-35-36-37-38-39-40-41-42-44-45-47-50-53-56-59-62-65-68-74(77)80-71-72(70-79-73(76)67-64-61-58-55-52-49-24-21-18-15-12-9-6-3)81-75(78)69-66-63-60-57-54-51-48-46-43-30-28-26-23-20-17-14-11-8-5-2/h7-8,10-12,15-17,19-21,24-28,31-32,34-35,37-38,40-41,43-46,50-51,53-54,72H,4-6,9,13-14,18,22-23,29-30,33,36,39,42,47-49,52,55-71H2,1-3H3/b10-7-,11-8-,15-12-,19-16-,20-17-,24-21-,27-25-,28-26-,32-31-,35-34-,38-37-,41-40-,45-44-,46-43-,53-50-,54-51-. The molecule has 0 aromatic carbocycles.